The molecule has 1 saturated heterocycles. The van der Waals surface area contributed by atoms with Gasteiger partial charge in [-0.3, -0.25) is 14.7 Å². The highest BCUT2D eigenvalue weighted by Crippen LogP contribution is 2.30. The van der Waals surface area contributed by atoms with Gasteiger partial charge in [-0.15, -0.1) is 0 Å². The Morgan fingerprint density at radius 3 is 2.62 bits per heavy atom. The fourth-order valence-electron chi connectivity index (χ4n) is 3.94. The van der Waals surface area contributed by atoms with Gasteiger partial charge in [0.1, 0.15) is 11.6 Å². The molecule has 2 amide bonds. The molecular weight excluding hydrogens is 411 g/mol. The minimum Gasteiger partial charge on any atom is -0.484 e. The molecule has 0 spiro atoms. The average molecular weight is 436 g/mol. The van der Waals surface area contributed by atoms with Crippen LogP contribution in [0, 0.1) is 5.82 Å². The van der Waals surface area contributed by atoms with Gasteiger partial charge in [-0.1, -0.05) is 24.3 Å². The number of nitrogens with zero attached hydrogens (tertiary/aromatic N) is 3. The maximum absolute atomic E-state index is 13.2. The zero-order valence-corrected chi connectivity index (χ0v) is 17.8. The number of aromatic amines is 1. The first kappa shape index (κ1) is 21.5. The molecule has 4 rings (SSSR count). The summed E-state index contributed by atoms with van der Waals surface area (Å²) in [5.41, 5.74) is 2.17. The number of para-hydroxylation sites is 1. The molecule has 8 heteroatoms. The van der Waals surface area contributed by atoms with Crippen molar-refractivity contribution in [2.45, 2.75) is 18.8 Å². The minimum atomic E-state index is -0.404. The van der Waals surface area contributed by atoms with Crippen LogP contribution in [0.4, 0.5) is 10.1 Å². The predicted molar refractivity (Wildman–Crippen MR) is 118 cm³/mol. The summed E-state index contributed by atoms with van der Waals surface area (Å²) in [6, 6.07) is 15.2. The monoisotopic (exact) mass is 436 g/mol. The summed E-state index contributed by atoms with van der Waals surface area (Å²) in [7, 11) is 1.74. The Labute approximate surface area is 185 Å². The van der Waals surface area contributed by atoms with Crippen LogP contribution in [0.25, 0.3) is 0 Å². The molecule has 1 aliphatic rings. The number of aromatic nitrogens is 2. The van der Waals surface area contributed by atoms with E-state index in [4.69, 9.17) is 4.74 Å². The van der Waals surface area contributed by atoms with E-state index in [0.29, 0.717) is 37.2 Å². The lowest BCUT2D eigenvalue weighted by Crippen LogP contribution is -2.40. The highest BCUT2D eigenvalue weighted by molar-refractivity contribution is 6.06. The van der Waals surface area contributed by atoms with Gasteiger partial charge in [0, 0.05) is 37.8 Å². The van der Waals surface area contributed by atoms with Crippen molar-refractivity contribution >= 4 is 17.5 Å². The van der Waals surface area contributed by atoms with Crippen molar-refractivity contribution in [1.29, 1.82) is 0 Å². The van der Waals surface area contributed by atoms with Crippen LogP contribution in [0.2, 0.25) is 0 Å². The maximum atomic E-state index is 13.2. The van der Waals surface area contributed by atoms with Crippen molar-refractivity contribution in [2.24, 2.45) is 0 Å². The number of nitrogens with one attached hydrogen (secondary N) is 1. The van der Waals surface area contributed by atoms with Crippen molar-refractivity contribution in [3.8, 4) is 5.75 Å². The van der Waals surface area contributed by atoms with Crippen LogP contribution in [-0.2, 0) is 4.79 Å². The standard InChI is InChI=1S/C24H25FN4O3/c1-28(19-7-3-2-4-8-19)24(31)21-15-26-27-23(21)17-10-12-29(13-11-17)22(30)16-32-20-9-5-6-18(25)14-20/h2-9,14-15,17H,10-13,16H2,1H3,(H,26,27). The highest BCUT2D eigenvalue weighted by Gasteiger charge is 2.29. The zero-order valence-electron chi connectivity index (χ0n) is 17.8. The molecule has 0 aliphatic carbocycles. The molecule has 3 aromatic rings. The van der Waals surface area contributed by atoms with Gasteiger partial charge in [0.05, 0.1) is 17.5 Å². The second-order valence-corrected chi connectivity index (χ2v) is 7.80. The van der Waals surface area contributed by atoms with Gasteiger partial charge in [-0.2, -0.15) is 5.10 Å². The van der Waals surface area contributed by atoms with E-state index < -0.39 is 5.82 Å². The maximum Gasteiger partial charge on any atom is 0.261 e. The Morgan fingerprint density at radius 2 is 1.91 bits per heavy atom. The van der Waals surface area contributed by atoms with Crippen LogP contribution in [0.3, 0.4) is 0 Å². The van der Waals surface area contributed by atoms with Gasteiger partial charge in [-0.05, 0) is 37.1 Å². The SMILES string of the molecule is CN(C(=O)c1cn[nH]c1C1CCN(C(=O)COc2cccc(F)c2)CC1)c1ccccc1. The number of halogens is 1. The van der Waals surface area contributed by atoms with Crippen molar-refractivity contribution < 1.29 is 18.7 Å². The van der Waals surface area contributed by atoms with E-state index >= 15 is 0 Å². The summed E-state index contributed by atoms with van der Waals surface area (Å²) in [5.74, 6) is -0.233. The number of carbonyl (C=O) groups excluding carboxylic acids is 2. The quantitative estimate of drug-likeness (QED) is 0.640. The van der Waals surface area contributed by atoms with Gasteiger partial charge in [-0.25, -0.2) is 4.39 Å². The van der Waals surface area contributed by atoms with E-state index in [1.807, 2.05) is 30.3 Å². The molecule has 0 bridgehead atoms. The van der Waals surface area contributed by atoms with Crippen molar-refractivity contribution in [2.75, 3.05) is 31.6 Å². The van der Waals surface area contributed by atoms with Gasteiger partial charge in [0.2, 0.25) is 0 Å². The topological polar surface area (TPSA) is 78.5 Å². The fraction of sp³-hybridized carbons (Fsp3) is 0.292. The van der Waals surface area contributed by atoms with E-state index in [1.165, 1.54) is 12.1 Å². The van der Waals surface area contributed by atoms with Gasteiger partial charge < -0.3 is 14.5 Å². The summed E-state index contributed by atoms with van der Waals surface area (Å²) < 4.78 is 18.7. The first-order valence-corrected chi connectivity index (χ1v) is 10.6. The number of hydrogen-bond donors (Lipinski definition) is 1. The molecule has 0 atom stereocenters. The van der Waals surface area contributed by atoms with E-state index in [2.05, 4.69) is 10.2 Å². The summed E-state index contributed by atoms with van der Waals surface area (Å²) in [4.78, 5) is 28.9. The molecule has 1 aliphatic heterocycles. The molecule has 0 saturated carbocycles. The minimum absolute atomic E-state index is 0.105. The number of piperidine rings is 1. The first-order valence-electron chi connectivity index (χ1n) is 10.6. The third kappa shape index (κ3) is 4.80. The lowest BCUT2D eigenvalue weighted by molar-refractivity contribution is -0.134. The number of carbonyl (C=O) groups is 2. The molecule has 0 unspecified atom stereocenters. The van der Waals surface area contributed by atoms with E-state index in [9.17, 15) is 14.0 Å². The van der Waals surface area contributed by atoms with E-state index in [0.717, 1.165) is 11.4 Å². The number of likely N-dealkylation sites (tertiary alicyclic amines) is 1. The average Bonchev–Trinajstić information content (AvgIpc) is 3.32. The summed E-state index contributed by atoms with van der Waals surface area (Å²) in [6.07, 6.45) is 2.99. The molecule has 2 aromatic carbocycles. The molecule has 32 heavy (non-hydrogen) atoms. The lowest BCUT2D eigenvalue weighted by atomic mass is 9.91. The van der Waals surface area contributed by atoms with Crippen LogP contribution in [0.1, 0.15) is 34.8 Å². The highest BCUT2D eigenvalue weighted by atomic mass is 19.1. The molecule has 166 valence electrons. The van der Waals surface area contributed by atoms with Gasteiger partial charge in [0.25, 0.3) is 11.8 Å². The second kappa shape index (κ2) is 9.64. The Balaban J connectivity index is 1.34. The van der Waals surface area contributed by atoms with Crippen LogP contribution in [0.15, 0.2) is 60.8 Å². The van der Waals surface area contributed by atoms with Crippen molar-refractivity contribution in [3.05, 3.63) is 77.9 Å². The van der Waals surface area contributed by atoms with E-state index in [1.54, 1.807) is 35.2 Å². The third-order valence-corrected chi connectivity index (χ3v) is 5.76. The van der Waals surface area contributed by atoms with Crippen LogP contribution < -0.4 is 9.64 Å². The molecule has 0 radical (unpaired) electrons. The van der Waals surface area contributed by atoms with Crippen LogP contribution in [-0.4, -0.2) is 53.7 Å². The number of benzene rings is 2. The Hall–Kier alpha value is -3.68. The van der Waals surface area contributed by atoms with Gasteiger partial charge in [0.15, 0.2) is 6.61 Å². The number of amides is 2. The number of rotatable bonds is 6. The number of ether oxygens (including phenoxy) is 1. The third-order valence-electron chi connectivity index (χ3n) is 5.76. The van der Waals surface area contributed by atoms with Crippen LogP contribution >= 0.6 is 0 Å². The summed E-state index contributed by atoms with van der Waals surface area (Å²) in [6.45, 7) is 0.970. The lowest BCUT2D eigenvalue weighted by Gasteiger charge is -2.32. The smallest absolute Gasteiger partial charge is 0.261 e. The number of hydrogen-bond acceptors (Lipinski definition) is 4. The Kier molecular flexibility index (Phi) is 6.49. The second-order valence-electron chi connectivity index (χ2n) is 7.80. The van der Waals surface area contributed by atoms with Crippen molar-refractivity contribution in [1.82, 2.24) is 15.1 Å². The molecule has 7 nitrogen and oxygen atoms in total. The Bertz CT molecular complexity index is 1080. The molecule has 1 aromatic heterocycles. The predicted octanol–water partition coefficient (Wildman–Crippen LogP) is 3.61. The summed E-state index contributed by atoms with van der Waals surface area (Å²) >= 11 is 0. The zero-order chi connectivity index (χ0) is 22.5. The Morgan fingerprint density at radius 1 is 1.16 bits per heavy atom. The normalized spacial score (nSPS) is 14.2. The molecule has 1 fully saturated rings. The summed E-state index contributed by atoms with van der Waals surface area (Å²) in [5, 5.41) is 7.11. The fourth-order valence-corrected chi connectivity index (χ4v) is 3.94. The van der Waals surface area contributed by atoms with Gasteiger partial charge >= 0.3 is 0 Å². The number of H-pyrrole nitrogens is 1. The molecule has 2 heterocycles. The largest absolute Gasteiger partial charge is 0.484 e. The molecule has 1 N–H and O–H groups in total. The molecular formula is C24H25FN4O3. The first-order chi connectivity index (χ1) is 15.5. The van der Waals surface area contributed by atoms with Crippen molar-refractivity contribution in [3.63, 3.8) is 0 Å². The number of anilines is 1. The van der Waals surface area contributed by atoms with E-state index in [-0.39, 0.29) is 24.3 Å². The van der Waals surface area contributed by atoms with Crippen LogP contribution in [0.5, 0.6) is 5.75 Å².